The first-order valence-corrected chi connectivity index (χ1v) is 15.9. The van der Waals surface area contributed by atoms with Gasteiger partial charge in [0.25, 0.3) is 0 Å². The number of hydrogen-bond donors (Lipinski definition) is 0. The van der Waals surface area contributed by atoms with Crippen LogP contribution >= 0.6 is 0 Å². The van der Waals surface area contributed by atoms with E-state index in [0.717, 1.165) is 60.9 Å². The molecule has 0 aliphatic carbocycles. The highest BCUT2D eigenvalue weighted by molar-refractivity contribution is 6.19. The van der Waals surface area contributed by atoms with Crippen molar-refractivity contribution in [3.63, 3.8) is 0 Å². The van der Waals surface area contributed by atoms with Crippen LogP contribution < -0.4 is 4.90 Å². The van der Waals surface area contributed by atoms with Gasteiger partial charge in [-0.1, -0.05) is 91.0 Å². The molecule has 2 aromatic heterocycles. The molecule has 0 fully saturated rings. The van der Waals surface area contributed by atoms with Crippen LogP contribution in [0.15, 0.2) is 173 Å². The third kappa shape index (κ3) is 4.14. The van der Waals surface area contributed by atoms with Crippen LogP contribution in [0.5, 0.6) is 0 Å². The summed E-state index contributed by atoms with van der Waals surface area (Å²) in [5.41, 5.74) is 9.18. The van der Waals surface area contributed by atoms with Crippen LogP contribution in [0.25, 0.3) is 76.5 Å². The highest BCUT2D eigenvalue weighted by Gasteiger charge is 2.17. The average Bonchev–Trinajstić information content (AvgIpc) is 3.69. The van der Waals surface area contributed by atoms with Gasteiger partial charge in [-0.25, -0.2) is 0 Å². The normalized spacial score (nSPS) is 11.8. The lowest BCUT2D eigenvalue weighted by molar-refractivity contribution is 0.669. The van der Waals surface area contributed by atoms with Gasteiger partial charge in [0.15, 0.2) is 0 Å². The number of benzene rings is 8. The van der Waals surface area contributed by atoms with Crippen molar-refractivity contribution in [3.8, 4) is 11.1 Å². The minimum Gasteiger partial charge on any atom is -0.456 e. The van der Waals surface area contributed by atoms with E-state index in [9.17, 15) is 0 Å². The van der Waals surface area contributed by atoms with E-state index in [1.807, 2.05) is 12.1 Å². The summed E-state index contributed by atoms with van der Waals surface area (Å²) in [7, 11) is 0. The highest BCUT2D eigenvalue weighted by Crippen LogP contribution is 2.41. The SMILES string of the molecule is c1ccc(N(c2ccc(-c3ccc4cc5oc6ccccc6c5cc4c3)cc2)c2ccc3c(c2)oc2ccc4ccccc4c23)cc1. The molecule has 47 heavy (non-hydrogen) atoms. The van der Waals surface area contributed by atoms with Crippen molar-refractivity contribution >= 4 is 82.5 Å². The van der Waals surface area contributed by atoms with Crippen molar-refractivity contribution < 1.29 is 8.83 Å². The third-order valence-corrected chi connectivity index (χ3v) is 9.41. The molecule has 0 saturated carbocycles. The van der Waals surface area contributed by atoms with E-state index in [2.05, 4.69) is 157 Å². The fraction of sp³-hybridized carbons (Fsp3) is 0. The van der Waals surface area contributed by atoms with Gasteiger partial charge in [-0.15, -0.1) is 0 Å². The molecule has 0 unspecified atom stereocenters. The molecular formula is C44H27NO2. The van der Waals surface area contributed by atoms with Crippen molar-refractivity contribution in [1.82, 2.24) is 0 Å². The Morgan fingerprint density at radius 2 is 1.00 bits per heavy atom. The standard InChI is InChI=1S/C44H27NO2/c1-2-9-33(10-3-1)45(35-21-22-38-43(27-35)47-41-23-18-29-8-4-5-11-36(29)44(38)41)34-19-16-28(17-20-34)30-14-15-31-26-42-39(25-32(31)24-30)37-12-6-7-13-40(37)46-42/h1-27H. The first-order valence-electron chi connectivity index (χ1n) is 15.9. The summed E-state index contributed by atoms with van der Waals surface area (Å²) in [5, 5.41) is 9.38. The number of hydrogen-bond acceptors (Lipinski definition) is 3. The highest BCUT2D eigenvalue weighted by atomic mass is 16.3. The smallest absolute Gasteiger partial charge is 0.137 e. The van der Waals surface area contributed by atoms with Crippen LogP contribution in [0.3, 0.4) is 0 Å². The second kappa shape index (κ2) is 10.1. The molecule has 3 nitrogen and oxygen atoms in total. The summed E-state index contributed by atoms with van der Waals surface area (Å²) in [6, 6.07) is 57.9. The summed E-state index contributed by atoms with van der Waals surface area (Å²) in [6.07, 6.45) is 0. The Labute approximate surface area is 270 Å². The van der Waals surface area contributed by atoms with Gasteiger partial charge < -0.3 is 13.7 Å². The molecule has 0 radical (unpaired) electrons. The topological polar surface area (TPSA) is 29.5 Å². The predicted octanol–water partition coefficient (Wildman–Crippen LogP) is 12.9. The maximum atomic E-state index is 6.45. The Morgan fingerprint density at radius 1 is 0.319 bits per heavy atom. The van der Waals surface area contributed by atoms with Gasteiger partial charge in [-0.05, 0) is 99.4 Å². The van der Waals surface area contributed by atoms with Crippen LogP contribution in [0.2, 0.25) is 0 Å². The molecule has 0 amide bonds. The van der Waals surface area contributed by atoms with Gasteiger partial charge in [-0.2, -0.15) is 0 Å². The molecular weight excluding hydrogens is 574 g/mol. The molecule has 0 bridgehead atoms. The molecule has 2 heterocycles. The number of nitrogens with zero attached hydrogens (tertiary/aromatic N) is 1. The molecule has 8 aromatic carbocycles. The minimum absolute atomic E-state index is 0.877. The van der Waals surface area contributed by atoms with Crippen LogP contribution in [0.4, 0.5) is 17.1 Å². The minimum atomic E-state index is 0.877. The van der Waals surface area contributed by atoms with Crippen molar-refractivity contribution in [2.75, 3.05) is 4.90 Å². The Balaban J connectivity index is 1.06. The van der Waals surface area contributed by atoms with Crippen molar-refractivity contribution in [2.24, 2.45) is 0 Å². The van der Waals surface area contributed by atoms with Gasteiger partial charge in [0.2, 0.25) is 0 Å². The van der Waals surface area contributed by atoms with E-state index in [1.165, 1.54) is 32.7 Å². The van der Waals surface area contributed by atoms with Crippen LogP contribution in [0.1, 0.15) is 0 Å². The molecule has 10 aromatic rings. The first-order chi connectivity index (χ1) is 23.3. The summed E-state index contributed by atoms with van der Waals surface area (Å²) >= 11 is 0. The number of rotatable bonds is 4. The first kappa shape index (κ1) is 26.0. The lowest BCUT2D eigenvalue weighted by Gasteiger charge is -2.25. The largest absolute Gasteiger partial charge is 0.456 e. The molecule has 0 aliphatic rings. The summed E-state index contributed by atoms with van der Waals surface area (Å²) in [5.74, 6) is 0. The monoisotopic (exact) mass is 601 g/mol. The summed E-state index contributed by atoms with van der Waals surface area (Å²) in [6.45, 7) is 0. The van der Waals surface area contributed by atoms with E-state index < -0.39 is 0 Å². The molecule has 0 spiro atoms. The van der Waals surface area contributed by atoms with Crippen LogP contribution in [0, 0.1) is 0 Å². The lowest BCUT2D eigenvalue weighted by Crippen LogP contribution is -2.09. The average molecular weight is 602 g/mol. The van der Waals surface area contributed by atoms with Gasteiger partial charge in [0.1, 0.15) is 22.3 Å². The Bertz CT molecular complexity index is 2790. The van der Waals surface area contributed by atoms with E-state index in [4.69, 9.17) is 8.83 Å². The van der Waals surface area contributed by atoms with Crippen LogP contribution in [-0.2, 0) is 0 Å². The summed E-state index contributed by atoms with van der Waals surface area (Å²) in [4.78, 5) is 2.29. The lowest BCUT2D eigenvalue weighted by atomic mass is 9.99. The van der Waals surface area contributed by atoms with E-state index in [1.54, 1.807) is 0 Å². The predicted molar refractivity (Wildman–Crippen MR) is 196 cm³/mol. The Hall–Kier alpha value is -6.32. The molecule has 0 atom stereocenters. The maximum absolute atomic E-state index is 6.45. The number of para-hydroxylation sites is 2. The maximum Gasteiger partial charge on any atom is 0.137 e. The summed E-state index contributed by atoms with van der Waals surface area (Å²) < 4.78 is 12.6. The Kier molecular flexibility index (Phi) is 5.57. The van der Waals surface area contributed by atoms with Crippen molar-refractivity contribution in [2.45, 2.75) is 0 Å². The van der Waals surface area contributed by atoms with Gasteiger partial charge >= 0.3 is 0 Å². The van der Waals surface area contributed by atoms with Gasteiger partial charge in [0, 0.05) is 44.7 Å². The quantitative estimate of drug-likeness (QED) is 0.201. The van der Waals surface area contributed by atoms with E-state index >= 15 is 0 Å². The third-order valence-electron chi connectivity index (χ3n) is 9.41. The van der Waals surface area contributed by atoms with Gasteiger partial charge in [0.05, 0.1) is 0 Å². The molecule has 220 valence electrons. The second-order valence-electron chi connectivity index (χ2n) is 12.2. The van der Waals surface area contributed by atoms with Crippen molar-refractivity contribution in [3.05, 3.63) is 164 Å². The zero-order chi connectivity index (χ0) is 30.9. The van der Waals surface area contributed by atoms with E-state index in [0.29, 0.717) is 0 Å². The van der Waals surface area contributed by atoms with Crippen molar-refractivity contribution in [1.29, 1.82) is 0 Å². The second-order valence-corrected chi connectivity index (χ2v) is 12.2. The zero-order valence-corrected chi connectivity index (χ0v) is 25.4. The number of fused-ring (bicyclic) bond motifs is 9. The zero-order valence-electron chi connectivity index (χ0n) is 25.4. The molecule has 3 heteroatoms. The fourth-order valence-corrected chi connectivity index (χ4v) is 7.15. The molecule has 10 rings (SSSR count). The fourth-order valence-electron chi connectivity index (χ4n) is 7.15. The van der Waals surface area contributed by atoms with Crippen LogP contribution in [-0.4, -0.2) is 0 Å². The van der Waals surface area contributed by atoms with E-state index in [-0.39, 0.29) is 0 Å². The molecule has 0 N–H and O–H groups in total. The molecule has 0 aliphatic heterocycles. The number of anilines is 3. The molecule has 0 saturated heterocycles. The Morgan fingerprint density at radius 3 is 1.89 bits per heavy atom. The number of furan rings is 2. The van der Waals surface area contributed by atoms with Gasteiger partial charge in [-0.3, -0.25) is 0 Å².